The predicted octanol–water partition coefficient (Wildman–Crippen LogP) is -0.528. The number of carbonyl (C=O) groups is 2. The Morgan fingerprint density at radius 2 is 2.00 bits per heavy atom. The first-order valence-electron chi connectivity index (χ1n) is 4.77. The number of hydrogen-bond donors (Lipinski definition) is 2. The summed E-state index contributed by atoms with van der Waals surface area (Å²) in [5, 5.41) is 13.0. The fraction of sp³-hybridized carbons (Fsp3) is 0.333. The normalized spacial score (nSPS) is 13.1. The van der Waals surface area contributed by atoms with Crippen molar-refractivity contribution in [2.45, 2.75) is 18.1 Å². The van der Waals surface area contributed by atoms with Gasteiger partial charge < -0.3 is 14.4 Å². The molecular formula is C9H12N2O6S. The molecule has 8 nitrogen and oxygen atoms in total. The number of aliphatic carboxylic acids is 1. The zero-order valence-corrected chi connectivity index (χ0v) is 10.5. The minimum absolute atomic E-state index is 0.297. The van der Waals surface area contributed by atoms with E-state index < -0.39 is 33.0 Å². The number of hydrogen-bond acceptors (Lipinski definition) is 5. The van der Waals surface area contributed by atoms with E-state index in [4.69, 9.17) is 14.7 Å². The van der Waals surface area contributed by atoms with Crippen LogP contribution in [0.25, 0.3) is 0 Å². The molecule has 1 rings (SSSR count). The zero-order valence-electron chi connectivity index (χ0n) is 9.65. The van der Waals surface area contributed by atoms with Crippen molar-refractivity contribution < 1.29 is 27.5 Å². The molecule has 1 unspecified atom stereocenters. The van der Waals surface area contributed by atoms with Crippen LogP contribution in [0.15, 0.2) is 21.6 Å². The highest BCUT2D eigenvalue weighted by atomic mass is 32.2. The maximum Gasteiger partial charge on any atom is 0.326 e. The van der Waals surface area contributed by atoms with Gasteiger partial charge in [-0.05, 0) is 19.1 Å². The molecule has 0 aliphatic carbocycles. The highest BCUT2D eigenvalue weighted by molar-refractivity contribution is 7.89. The van der Waals surface area contributed by atoms with Crippen molar-refractivity contribution in [2.75, 3.05) is 7.05 Å². The average molecular weight is 276 g/mol. The molecule has 0 aliphatic rings. The summed E-state index contributed by atoms with van der Waals surface area (Å²) < 4.78 is 26.7. The zero-order chi connectivity index (χ0) is 14.1. The quantitative estimate of drug-likeness (QED) is 0.760. The second-order valence-electron chi connectivity index (χ2n) is 3.59. The monoisotopic (exact) mass is 276 g/mol. The summed E-state index contributed by atoms with van der Waals surface area (Å²) in [7, 11) is -2.77. The lowest BCUT2D eigenvalue weighted by atomic mass is 10.3. The standard InChI is InChI=1S/C9H12N2O6S/c1-5(9(13)14)11(2)8(12)6-3-4-7(17-6)18(10,15)16/h3-5H,1-2H3,(H,13,14)(H2,10,15,16). The molecule has 1 heterocycles. The summed E-state index contributed by atoms with van der Waals surface area (Å²) in [4.78, 5) is 23.4. The Balaban J connectivity index is 2.99. The van der Waals surface area contributed by atoms with Gasteiger partial charge in [0, 0.05) is 7.05 Å². The van der Waals surface area contributed by atoms with Crippen LogP contribution < -0.4 is 5.14 Å². The Morgan fingerprint density at radius 3 is 2.39 bits per heavy atom. The van der Waals surface area contributed by atoms with Crippen molar-refractivity contribution in [3.63, 3.8) is 0 Å². The molecule has 3 N–H and O–H groups in total. The number of rotatable bonds is 4. The van der Waals surface area contributed by atoms with Gasteiger partial charge in [-0.15, -0.1) is 0 Å². The molecule has 0 spiro atoms. The lowest BCUT2D eigenvalue weighted by molar-refractivity contribution is -0.141. The molecule has 9 heteroatoms. The van der Waals surface area contributed by atoms with Gasteiger partial charge in [0.15, 0.2) is 5.76 Å². The van der Waals surface area contributed by atoms with Crippen LogP contribution >= 0.6 is 0 Å². The molecular weight excluding hydrogens is 264 g/mol. The van der Waals surface area contributed by atoms with Crippen molar-refractivity contribution in [1.29, 1.82) is 0 Å². The summed E-state index contributed by atoms with van der Waals surface area (Å²) >= 11 is 0. The highest BCUT2D eigenvalue weighted by Gasteiger charge is 2.26. The Labute approximate surface area is 103 Å². The molecule has 1 aromatic rings. The Kier molecular flexibility index (Phi) is 3.77. The van der Waals surface area contributed by atoms with Crippen LogP contribution in [0.2, 0.25) is 0 Å². The first-order valence-corrected chi connectivity index (χ1v) is 6.32. The van der Waals surface area contributed by atoms with Gasteiger partial charge in [-0.1, -0.05) is 0 Å². The summed E-state index contributed by atoms with van der Waals surface area (Å²) in [6.07, 6.45) is 0. The lowest BCUT2D eigenvalue weighted by Crippen LogP contribution is -2.40. The number of carbonyl (C=O) groups excluding carboxylic acids is 1. The summed E-state index contributed by atoms with van der Waals surface area (Å²) in [6.45, 7) is 1.31. The highest BCUT2D eigenvalue weighted by Crippen LogP contribution is 2.14. The Bertz CT molecular complexity index is 576. The fourth-order valence-electron chi connectivity index (χ4n) is 1.10. The second kappa shape index (κ2) is 4.78. The SMILES string of the molecule is CC(C(=O)O)N(C)C(=O)c1ccc(S(N)(=O)=O)o1. The summed E-state index contributed by atoms with van der Waals surface area (Å²) in [6, 6.07) is 1.08. The van der Waals surface area contributed by atoms with Crippen LogP contribution in [0.1, 0.15) is 17.5 Å². The molecule has 0 radical (unpaired) electrons. The van der Waals surface area contributed by atoms with Crippen LogP contribution in [-0.2, 0) is 14.8 Å². The van der Waals surface area contributed by atoms with Crippen molar-refractivity contribution in [3.8, 4) is 0 Å². The van der Waals surface area contributed by atoms with Gasteiger partial charge in [-0.2, -0.15) is 0 Å². The van der Waals surface area contributed by atoms with E-state index in [0.717, 1.165) is 17.0 Å². The smallest absolute Gasteiger partial charge is 0.326 e. The van der Waals surface area contributed by atoms with Gasteiger partial charge in [0.2, 0.25) is 5.09 Å². The molecule has 0 saturated heterocycles. The average Bonchev–Trinajstić information content (AvgIpc) is 2.74. The Morgan fingerprint density at radius 1 is 1.44 bits per heavy atom. The van der Waals surface area contributed by atoms with E-state index in [2.05, 4.69) is 0 Å². The molecule has 0 aliphatic heterocycles. The van der Waals surface area contributed by atoms with Crippen LogP contribution in [0, 0.1) is 0 Å². The summed E-state index contributed by atoms with van der Waals surface area (Å²) in [5.41, 5.74) is 0. The molecule has 1 amide bonds. The minimum atomic E-state index is -4.03. The van der Waals surface area contributed by atoms with Crippen LogP contribution in [0.4, 0.5) is 0 Å². The van der Waals surface area contributed by atoms with E-state index in [1.165, 1.54) is 14.0 Å². The number of sulfonamides is 1. The third-order valence-corrected chi connectivity index (χ3v) is 3.11. The van der Waals surface area contributed by atoms with Gasteiger partial charge in [-0.25, -0.2) is 18.4 Å². The predicted molar refractivity (Wildman–Crippen MR) is 59.3 cm³/mol. The van der Waals surface area contributed by atoms with Gasteiger partial charge in [-0.3, -0.25) is 4.79 Å². The minimum Gasteiger partial charge on any atom is -0.480 e. The van der Waals surface area contributed by atoms with Gasteiger partial charge >= 0.3 is 5.97 Å². The summed E-state index contributed by atoms with van der Waals surface area (Å²) in [5.74, 6) is -2.24. The maximum absolute atomic E-state index is 11.8. The number of likely N-dealkylation sites (N-methyl/N-ethyl adjacent to an activating group) is 1. The van der Waals surface area contributed by atoms with Crippen molar-refractivity contribution in [3.05, 3.63) is 17.9 Å². The number of nitrogens with zero attached hydrogens (tertiary/aromatic N) is 1. The van der Waals surface area contributed by atoms with Crippen molar-refractivity contribution >= 4 is 21.9 Å². The van der Waals surface area contributed by atoms with Crippen LogP contribution in [0.3, 0.4) is 0 Å². The number of furan rings is 1. The van der Waals surface area contributed by atoms with E-state index in [-0.39, 0.29) is 5.76 Å². The molecule has 1 aromatic heterocycles. The molecule has 0 saturated carbocycles. The molecule has 0 aromatic carbocycles. The van der Waals surface area contributed by atoms with Crippen LogP contribution in [0.5, 0.6) is 0 Å². The topological polar surface area (TPSA) is 131 Å². The number of nitrogens with two attached hydrogens (primary N) is 1. The van der Waals surface area contributed by atoms with E-state index in [9.17, 15) is 18.0 Å². The first-order chi connectivity index (χ1) is 8.14. The van der Waals surface area contributed by atoms with Crippen molar-refractivity contribution in [2.24, 2.45) is 5.14 Å². The maximum atomic E-state index is 11.8. The fourth-order valence-corrected chi connectivity index (χ4v) is 1.57. The molecule has 0 bridgehead atoms. The van der Waals surface area contributed by atoms with Gasteiger partial charge in [0.25, 0.3) is 15.9 Å². The third kappa shape index (κ3) is 2.87. The second-order valence-corrected chi connectivity index (χ2v) is 5.09. The van der Waals surface area contributed by atoms with Gasteiger partial charge in [0.05, 0.1) is 0 Å². The van der Waals surface area contributed by atoms with E-state index in [1.807, 2.05) is 0 Å². The van der Waals surface area contributed by atoms with Gasteiger partial charge in [0.1, 0.15) is 6.04 Å². The largest absolute Gasteiger partial charge is 0.480 e. The number of carboxylic acids is 1. The Hall–Kier alpha value is -1.87. The van der Waals surface area contributed by atoms with E-state index in [1.54, 1.807) is 0 Å². The molecule has 18 heavy (non-hydrogen) atoms. The number of amides is 1. The first kappa shape index (κ1) is 14.2. The molecule has 100 valence electrons. The third-order valence-electron chi connectivity index (χ3n) is 2.33. The molecule has 1 atom stereocenters. The molecule has 0 fully saturated rings. The van der Waals surface area contributed by atoms with E-state index >= 15 is 0 Å². The lowest BCUT2D eigenvalue weighted by Gasteiger charge is -2.19. The van der Waals surface area contributed by atoms with Crippen molar-refractivity contribution in [1.82, 2.24) is 4.90 Å². The van der Waals surface area contributed by atoms with Crippen LogP contribution in [-0.4, -0.2) is 43.4 Å². The number of primary sulfonamides is 1. The van der Waals surface area contributed by atoms with E-state index in [0.29, 0.717) is 0 Å². The number of carboxylic acid groups (broad SMARTS) is 1.